The lowest BCUT2D eigenvalue weighted by Gasteiger charge is -2.07. The zero-order valence-corrected chi connectivity index (χ0v) is 24.9. The minimum absolute atomic E-state index is 0.932. The minimum Gasteiger partial charge on any atom is -0.150 e. The van der Waals surface area contributed by atoms with Crippen molar-refractivity contribution >= 4 is 11.4 Å². The van der Waals surface area contributed by atoms with Gasteiger partial charge in [0.15, 0.2) is 0 Å². The Labute approximate surface area is 236 Å². The summed E-state index contributed by atoms with van der Waals surface area (Å²) >= 11 is 0. The fraction of sp³-hybridized carbons (Fsp3) is 0.297. The van der Waals surface area contributed by atoms with Crippen LogP contribution in [0.4, 0.5) is 11.4 Å². The summed E-state index contributed by atoms with van der Waals surface area (Å²) in [6.45, 7) is 14.7. The van der Waals surface area contributed by atoms with Crippen LogP contribution in [0.3, 0.4) is 0 Å². The highest BCUT2D eigenvalue weighted by molar-refractivity contribution is 5.50. The van der Waals surface area contributed by atoms with E-state index in [2.05, 4.69) is 143 Å². The smallest absolute Gasteiger partial charge is 0.0886 e. The molecule has 0 unspecified atom stereocenters. The van der Waals surface area contributed by atoms with Crippen molar-refractivity contribution in [2.45, 2.75) is 74.1 Å². The van der Waals surface area contributed by atoms with Crippen LogP contribution in [0.2, 0.25) is 0 Å². The Morgan fingerprint density at radius 1 is 0.513 bits per heavy atom. The van der Waals surface area contributed by atoms with Gasteiger partial charge in [-0.05, 0) is 120 Å². The molecule has 4 aromatic carbocycles. The minimum atomic E-state index is 0.932. The van der Waals surface area contributed by atoms with Crippen molar-refractivity contribution in [1.29, 1.82) is 0 Å². The van der Waals surface area contributed by atoms with Crippen LogP contribution in [0.5, 0.6) is 0 Å². The molecule has 0 bridgehead atoms. The highest BCUT2D eigenvalue weighted by Crippen LogP contribution is 2.26. The average Bonchev–Trinajstić information content (AvgIpc) is 2.93. The van der Waals surface area contributed by atoms with Gasteiger partial charge in [-0.3, -0.25) is 0 Å². The Morgan fingerprint density at radius 2 is 0.821 bits per heavy atom. The fourth-order valence-corrected chi connectivity index (χ4v) is 4.17. The van der Waals surface area contributed by atoms with Gasteiger partial charge in [-0.2, -0.15) is 10.2 Å². The van der Waals surface area contributed by atoms with Crippen LogP contribution in [-0.4, -0.2) is 0 Å². The van der Waals surface area contributed by atoms with E-state index >= 15 is 0 Å². The van der Waals surface area contributed by atoms with Crippen LogP contribution in [0.25, 0.3) is 0 Å². The molecule has 0 amide bonds. The zero-order valence-electron chi connectivity index (χ0n) is 24.9. The van der Waals surface area contributed by atoms with Gasteiger partial charge < -0.3 is 0 Å². The first-order valence-electron chi connectivity index (χ1n) is 14.0. The topological polar surface area (TPSA) is 24.7 Å². The summed E-state index contributed by atoms with van der Waals surface area (Å²) in [5, 5.41) is 9.12. The van der Waals surface area contributed by atoms with Crippen molar-refractivity contribution in [3.8, 4) is 0 Å². The van der Waals surface area contributed by atoms with E-state index in [9.17, 15) is 0 Å². The van der Waals surface area contributed by atoms with Crippen LogP contribution in [-0.2, 0) is 25.7 Å². The molecule has 2 heteroatoms. The van der Waals surface area contributed by atoms with E-state index in [1.54, 1.807) is 0 Å². The van der Waals surface area contributed by atoms with Crippen LogP contribution in [0, 0.1) is 27.7 Å². The van der Waals surface area contributed by atoms with Crippen LogP contribution in [0.15, 0.2) is 107 Å². The van der Waals surface area contributed by atoms with Gasteiger partial charge in [-0.25, -0.2) is 0 Å². The lowest BCUT2D eigenvalue weighted by Crippen LogP contribution is -1.92. The van der Waals surface area contributed by atoms with E-state index < -0.39 is 0 Å². The molecule has 0 spiro atoms. The van der Waals surface area contributed by atoms with Crippen molar-refractivity contribution in [3.05, 3.63) is 141 Å². The largest absolute Gasteiger partial charge is 0.150 e. The van der Waals surface area contributed by atoms with Crippen molar-refractivity contribution in [3.63, 3.8) is 0 Å². The van der Waals surface area contributed by atoms with E-state index in [-0.39, 0.29) is 0 Å². The standard InChI is InChI=1S/C32H34N2.C5H10/c1-23-5-9-27(10-6-23)13-15-29-17-19-31(25(3)21-29)33-34-32-20-18-30(22-26(32)4)16-14-28-11-7-24(2)8-12-28;1-4-5(2)3/h5-12,17-22H,13-16H2,1-4H3;4H,1-3H3. The van der Waals surface area contributed by atoms with Crippen molar-refractivity contribution < 1.29 is 0 Å². The third kappa shape index (κ3) is 10.1. The maximum Gasteiger partial charge on any atom is 0.0886 e. The van der Waals surface area contributed by atoms with Crippen molar-refractivity contribution in [2.24, 2.45) is 10.2 Å². The molecule has 0 fully saturated rings. The van der Waals surface area contributed by atoms with E-state index in [0.717, 1.165) is 48.2 Å². The number of hydrogen-bond acceptors (Lipinski definition) is 2. The first-order valence-corrected chi connectivity index (χ1v) is 14.0. The summed E-state index contributed by atoms with van der Waals surface area (Å²) in [7, 11) is 0. The second-order valence-electron chi connectivity index (χ2n) is 10.8. The van der Waals surface area contributed by atoms with Gasteiger partial charge in [-0.15, -0.1) is 0 Å². The number of hydrogen-bond donors (Lipinski definition) is 0. The van der Waals surface area contributed by atoms with Crippen LogP contribution >= 0.6 is 0 Å². The summed E-state index contributed by atoms with van der Waals surface area (Å²) in [5.41, 5.74) is 13.6. The van der Waals surface area contributed by atoms with Gasteiger partial charge in [0.2, 0.25) is 0 Å². The summed E-state index contributed by atoms with van der Waals surface area (Å²) in [6, 6.07) is 30.6. The SMILES string of the molecule is CC=C(C)C.Cc1ccc(CCc2ccc(N=Nc3ccc(CCc4ccc(C)cc4)cc3C)c(C)c2)cc1. The van der Waals surface area contributed by atoms with E-state index in [0.29, 0.717) is 0 Å². The lowest BCUT2D eigenvalue weighted by atomic mass is 10.0. The number of rotatable bonds is 8. The summed E-state index contributed by atoms with van der Waals surface area (Å²) < 4.78 is 0. The lowest BCUT2D eigenvalue weighted by molar-refractivity contribution is 0.955. The Hall–Kier alpha value is -3.78. The van der Waals surface area contributed by atoms with Gasteiger partial charge in [0.1, 0.15) is 0 Å². The first kappa shape index (κ1) is 29.8. The van der Waals surface area contributed by atoms with Crippen LogP contribution in [0.1, 0.15) is 65.3 Å². The third-order valence-corrected chi connectivity index (χ3v) is 7.01. The Kier molecular flexibility index (Phi) is 11.4. The predicted molar refractivity (Wildman–Crippen MR) is 169 cm³/mol. The molecule has 0 heterocycles. The van der Waals surface area contributed by atoms with E-state index in [1.807, 2.05) is 6.92 Å². The average molecular weight is 517 g/mol. The van der Waals surface area contributed by atoms with Gasteiger partial charge >= 0.3 is 0 Å². The fourth-order valence-electron chi connectivity index (χ4n) is 4.17. The van der Waals surface area contributed by atoms with E-state index in [4.69, 9.17) is 0 Å². The summed E-state index contributed by atoms with van der Waals surface area (Å²) in [4.78, 5) is 0. The molecule has 4 aromatic rings. The molecule has 202 valence electrons. The molecular formula is C37H44N2. The van der Waals surface area contributed by atoms with E-state index in [1.165, 1.54) is 39.0 Å². The molecule has 0 aliphatic carbocycles. The monoisotopic (exact) mass is 516 g/mol. The number of aryl methyl sites for hydroxylation is 8. The van der Waals surface area contributed by atoms with Crippen molar-refractivity contribution in [1.82, 2.24) is 0 Å². The summed E-state index contributed by atoms with van der Waals surface area (Å²) in [5.74, 6) is 0. The Bertz CT molecular complexity index is 1290. The molecule has 0 saturated carbocycles. The number of azo groups is 1. The number of allylic oxidation sites excluding steroid dienone is 2. The zero-order chi connectivity index (χ0) is 28.2. The molecule has 0 saturated heterocycles. The highest BCUT2D eigenvalue weighted by Gasteiger charge is 2.04. The van der Waals surface area contributed by atoms with Crippen molar-refractivity contribution in [2.75, 3.05) is 0 Å². The molecule has 0 radical (unpaired) electrons. The molecule has 0 aliphatic rings. The predicted octanol–water partition coefficient (Wildman–Crippen LogP) is 10.9. The van der Waals surface area contributed by atoms with Gasteiger partial charge in [0, 0.05) is 0 Å². The number of benzene rings is 4. The maximum atomic E-state index is 4.56. The molecule has 0 N–H and O–H groups in total. The third-order valence-electron chi connectivity index (χ3n) is 7.01. The molecule has 0 aliphatic heterocycles. The first-order chi connectivity index (χ1) is 18.7. The molecule has 2 nitrogen and oxygen atoms in total. The molecule has 0 aromatic heterocycles. The Balaban J connectivity index is 0.000000771. The normalized spacial score (nSPS) is 10.7. The molecule has 4 rings (SSSR count). The Morgan fingerprint density at radius 3 is 1.13 bits per heavy atom. The van der Waals surface area contributed by atoms with Gasteiger partial charge in [0.05, 0.1) is 11.4 Å². The van der Waals surface area contributed by atoms with Gasteiger partial charge in [0.25, 0.3) is 0 Å². The second-order valence-corrected chi connectivity index (χ2v) is 10.8. The van der Waals surface area contributed by atoms with Crippen LogP contribution < -0.4 is 0 Å². The quantitative estimate of drug-likeness (QED) is 0.164. The highest BCUT2D eigenvalue weighted by atomic mass is 15.1. The second kappa shape index (κ2) is 15.0. The number of nitrogens with zero attached hydrogens (tertiary/aromatic N) is 2. The maximum absolute atomic E-state index is 4.56. The molecule has 0 atom stereocenters. The molecular weight excluding hydrogens is 472 g/mol. The molecule has 39 heavy (non-hydrogen) atoms. The van der Waals surface area contributed by atoms with Gasteiger partial charge in [-0.1, -0.05) is 95.6 Å². The summed E-state index contributed by atoms with van der Waals surface area (Å²) in [6.07, 6.45) is 6.25.